The normalized spacial score (nSPS) is 13.3. The van der Waals surface area contributed by atoms with Gasteiger partial charge in [0.25, 0.3) is 5.56 Å². The highest BCUT2D eigenvalue weighted by atomic mass is 19.4. The highest BCUT2D eigenvalue weighted by molar-refractivity contribution is 5.77. The largest absolute Gasteiger partial charge is 0.416 e. The molecule has 2 heterocycles. The number of aromatic nitrogens is 4. The monoisotopic (exact) mass is 366 g/mol. The number of aliphatic hydroxyl groups excluding tert-OH is 1. The van der Waals surface area contributed by atoms with Gasteiger partial charge in [0, 0.05) is 0 Å². The number of hydrogen-bond acceptors (Lipinski definition) is 4. The van der Waals surface area contributed by atoms with Crippen molar-refractivity contribution in [2.75, 3.05) is 0 Å². The first-order valence-corrected chi connectivity index (χ1v) is 7.90. The predicted octanol–water partition coefficient (Wildman–Crippen LogP) is 2.86. The number of hydrogen-bond donors (Lipinski definition) is 2. The van der Waals surface area contributed by atoms with Gasteiger partial charge in [0.2, 0.25) is 0 Å². The molecule has 0 amide bonds. The molecule has 9 heteroatoms. The summed E-state index contributed by atoms with van der Waals surface area (Å²) in [6.45, 7) is 4.31. The third-order valence-electron chi connectivity index (χ3n) is 4.31. The minimum Gasteiger partial charge on any atom is -0.390 e. The van der Waals surface area contributed by atoms with E-state index in [0.29, 0.717) is 11.4 Å². The summed E-state index contributed by atoms with van der Waals surface area (Å²) in [7, 11) is 0. The van der Waals surface area contributed by atoms with Gasteiger partial charge in [0.05, 0.1) is 18.2 Å². The zero-order valence-electron chi connectivity index (χ0n) is 14.3. The number of nitrogens with zero attached hydrogens (tertiary/aromatic N) is 3. The number of H-pyrrole nitrogens is 1. The Hall–Kier alpha value is -2.68. The molecule has 0 aliphatic rings. The van der Waals surface area contributed by atoms with Gasteiger partial charge in [-0.3, -0.25) is 4.79 Å². The molecular weight excluding hydrogens is 349 g/mol. The average molecular weight is 366 g/mol. The number of aliphatic hydroxyl groups is 1. The van der Waals surface area contributed by atoms with Crippen LogP contribution in [0.4, 0.5) is 13.2 Å². The van der Waals surface area contributed by atoms with Crippen LogP contribution in [0.2, 0.25) is 0 Å². The number of halogens is 3. The Morgan fingerprint density at radius 3 is 2.58 bits per heavy atom. The van der Waals surface area contributed by atoms with E-state index in [1.807, 2.05) is 0 Å². The molecule has 0 saturated heterocycles. The van der Waals surface area contributed by atoms with Crippen molar-refractivity contribution in [2.45, 2.75) is 39.6 Å². The molecule has 0 spiro atoms. The highest BCUT2D eigenvalue weighted by Gasteiger charge is 2.32. The number of benzene rings is 1. The highest BCUT2D eigenvalue weighted by Crippen LogP contribution is 2.33. The van der Waals surface area contributed by atoms with Crippen LogP contribution in [0.1, 0.15) is 41.2 Å². The van der Waals surface area contributed by atoms with E-state index in [9.17, 15) is 23.1 Å². The third kappa shape index (κ3) is 2.98. The van der Waals surface area contributed by atoms with Crippen molar-refractivity contribution in [1.82, 2.24) is 19.7 Å². The number of aryl methyl sites for hydroxylation is 2. The topological polar surface area (TPSA) is 83.8 Å². The summed E-state index contributed by atoms with van der Waals surface area (Å²) in [5, 5.41) is 13.9. The second-order valence-corrected chi connectivity index (χ2v) is 6.15. The maximum atomic E-state index is 13.0. The minimum atomic E-state index is -4.42. The lowest BCUT2D eigenvalue weighted by Gasteiger charge is -2.17. The fraction of sp³-hybridized carbons (Fsp3) is 0.353. The van der Waals surface area contributed by atoms with E-state index in [1.54, 1.807) is 13.8 Å². The molecule has 6 nitrogen and oxygen atoms in total. The van der Waals surface area contributed by atoms with Crippen molar-refractivity contribution >= 4 is 11.0 Å². The maximum absolute atomic E-state index is 13.0. The Kier molecular flexibility index (Phi) is 4.35. The van der Waals surface area contributed by atoms with E-state index in [0.717, 1.165) is 6.07 Å². The summed E-state index contributed by atoms with van der Waals surface area (Å²) < 4.78 is 40.3. The number of aromatic amines is 1. The van der Waals surface area contributed by atoms with Crippen LogP contribution in [-0.4, -0.2) is 24.9 Å². The molecule has 0 fully saturated rings. The fourth-order valence-electron chi connectivity index (χ4n) is 3.01. The van der Waals surface area contributed by atoms with Gasteiger partial charge < -0.3 is 10.1 Å². The van der Waals surface area contributed by atoms with Crippen LogP contribution in [0.5, 0.6) is 0 Å². The lowest BCUT2D eigenvalue weighted by molar-refractivity contribution is -0.138. The van der Waals surface area contributed by atoms with E-state index in [2.05, 4.69) is 15.1 Å². The summed E-state index contributed by atoms with van der Waals surface area (Å²) in [4.78, 5) is 19.0. The average Bonchev–Trinajstić information content (AvgIpc) is 2.91. The van der Waals surface area contributed by atoms with E-state index in [-0.39, 0.29) is 22.3 Å². The Bertz CT molecular complexity index is 1040. The Balaban J connectivity index is 2.15. The second-order valence-electron chi connectivity index (χ2n) is 6.15. The number of rotatable bonds is 3. The van der Waals surface area contributed by atoms with Gasteiger partial charge in [0.15, 0.2) is 5.65 Å². The molecule has 3 rings (SSSR count). The third-order valence-corrected chi connectivity index (χ3v) is 4.31. The fourth-order valence-corrected chi connectivity index (χ4v) is 3.01. The Morgan fingerprint density at radius 2 is 2.00 bits per heavy atom. The Morgan fingerprint density at radius 1 is 1.31 bits per heavy atom. The van der Waals surface area contributed by atoms with Gasteiger partial charge in [0.1, 0.15) is 16.9 Å². The predicted molar refractivity (Wildman–Crippen MR) is 88.8 cm³/mol. The summed E-state index contributed by atoms with van der Waals surface area (Å²) in [6.07, 6.45) is -4.42. The van der Waals surface area contributed by atoms with Crippen molar-refractivity contribution in [3.05, 3.63) is 56.8 Å². The molecule has 3 aromatic rings. The molecular formula is C17H17F3N4O2. The molecule has 0 radical (unpaired) electrons. The van der Waals surface area contributed by atoms with Crippen LogP contribution in [0.25, 0.3) is 11.0 Å². The first kappa shape index (κ1) is 18.1. The molecule has 0 aliphatic carbocycles. The Labute approximate surface area is 146 Å². The van der Waals surface area contributed by atoms with Gasteiger partial charge in [-0.2, -0.15) is 18.3 Å². The number of nitrogens with one attached hydrogen (secondary N) is 1. The molecule has 1 aromatic carbocycles. The lowest BCUT2D eigenvalue weighted by atomic mass is 10.0. The van der Waals surface area contributed by atoms with Gasteiger partial charge in [-0.1, -0.05) is 12.1 Å². The molecule has 1 atom stereocenters. The van der Waals surface area contributed by atoms with Crippen molar-refractivity contribution < 1.29 is 18.3 Å². The summed E-state index contributed by atoms with van der Waals surface area (Å²) in [5.41, 5.74) is 0.0234. The van der Waals surface area contributed by atoms with Crippen molar-refractivity contribution in [3.63, 3.8) is 0 Å². The van der Waals surface area contributed by atoms with Gasteiger partial charge in [-0.25, -0.2) is 9.67 Å². The molecule has 2 aromatic heterocycles. The number of fused-ring (bicyclic) bond motifs is 1. The first-order chi connectivity index (χ1) is 12.1. The van der Waals surface area contributed by atoms with Crippen LogP contribution in [0, 0.1) is 13.8 Å². The van der Waals surface area contributed by atoms with E-state index < -0.39 is 29.9 Å². The van der Waals surface area contributed by atoms with Crippen molar-refractivity contribution in [2.24, 2.45) is 0 Å². The molecule has 0 unspecified atom stereocenters. The van der Waals surface area contributed by atoms with Crippen molar-refractivity contribution in [1.29, 1.82) is 0 Å². The standard InChI is InChI=1S/C17H17F3N4O2/c1-8-6-11(4-5-12(8)17(18,19)20)9(2)24-15-14(13(7-25)23-24)16(26)22-10(3)21-15/h4-6,9,25H,7H2,1-3H3,(H,21,22,26)/t9-/m0/s1. The van der Waals surface area contributed by atoms with Crippen LogP contribution >= 0.6 is 0 Å². The summed E-state index contributed by atoms with van der Waals surface area (Å²) in [6, 6.07) is 3.38. The van der Waals surface area contributed by atoms with Crippen LogP contribution < -0.4 is 5.56 Å². The van der Waals surface area contributed by atoms with Crippen LogP contribution in [0.3, 0.4) is 0 Å². The van der Waals surface area contributed by atoms with E-state index in [1.165, 1.54) is 23.7 Å². The smallest absolute Gasteiger partial charge is 0.390 e. The molecule has 0 saturated carbocycles. The zero-order chi connectivity index (χ0) is 19.2. The van der Waals surface area contributed by atoms with E-state index in [4.69, 9.17) is 0 Å². The van der Waals surface area contributed by atoms with Gasteiger partial charge >= 0.3 is 6.18 Å². The zero-order valence-corrected chi connectivity index (χ0v) is 14.3. The molecule has 26 heavy (non-hydrogen) atoms. The van der Waals surface area contributed by atoms with E-state index >= 15 is 0 Å². The lowest BCUT2D eigenvalue weighted by Crippen LogP contribution is -2.14. The molecule has 2 N–H and O–H groups in total. The quantitative estimate of drug-likeness (QED) is 0.747. The van der Waals surface area contributed by atoms with Crippen LogP contribution in [0.15, 0.2) is 23.0 Å². The van der Waals surface area contributed by atoms with Gasteiger partial charge in [-0.15, -0.1) is 0 Å². The molecule has 0 aliphatic heterocycles. The van der Waals surface area contributed by atoms with Crippen molar-refractivity contribution in [3.8, 4) is 0 Å². The first-order valence-electron chi connectivity index (χ1n) is 7.90. The maximum Gasteiger partial charge on any atom is 0.416 e. The number of alkyl halides is 3. The second kappa shape index (κ2) is 6.24. The van der Waals surface area contributed by atoms with Crippen LogP contribution in [-0.2, 0) is 12.8 Å². The minimum absolute atomic E-state index is 0.0997. The van der Waals surface area contributed by atoms with Gasteiger partial charge in [-0.05, 0) is 38.0 Å². The molecule has 138 valence electrons. The summed E-state index contributed by atoms with van der Waals surface area (Å²) in [5.74, 6) is 0.379. The SMILES string of the molecule is Cc1nc2c(c(CO)nn2[C@@H](C)c2ccc(C(F)(F)F)c(C)c2)c(=O)[nH]1. The molecule has 0 bridgehead atoms. The summed E-state index contributed by atoms with van der Waals surface area (Å²) >= 11 is 0.